The van der Waals surface area contributed by atoms with Gasteiger partial charge in [-0.3, -0.25) is 0 Å². The number of rotatable bonds is 2. The van der Waals surface area contributed by atoms with E-state index in [2.05, 4.69) is 9.97 Å². The smallest absolute Gasteiger partial charge is 0.223 e. The highest BCUT2D eigenvalue weighted by atomic mass is 32.1. The molecule has 1 aromatic heterocycles. The molecule has 0 amide bonds. The Bertz CT molecular complexity index is 445. The van der Waals surface area contributed by atoms with Gasteiger partial charge in [0.2, 0.25) is 5.88 Å². The van der Waals surface area contributed by atoms with Crippen molar-refractivity contribution in [2.24, 2.45) is 0 Å². The van der Waals surface area contributed by atoms with Crippen molar-refractivity contribution in [3.63, 3.8) is 0 Å². The van der Waals surface area contributed by atoms with E-state index < -0.39 is 0 Å². The lowest BCUT2D eigenvalue weighted by atomic mass is 10.2. The van der Waals surface area contributed by atoms with Crippen LogP contribution in [-0.4, -0.2) is 15.0 Å². The topological polar surface area (TPSA) is 35.0 Å². The predicted octanol–water partition coefficient (Wildman–Crippen LogP) is 2.23. The summed E-state index contributed by atoms with van der Waals surface area (Å²) >= 11 is 5.12. The van der Waals surface area contributed by atoms with Crippen molar-refractivity contribution in [3.05, 3.63) is 54.5 Å². The third-order valence-electron chi connectivity index (χ3n) is 1.76. The van der Waals surface area contributed by atoms with Crippen molar-refractivity contribution < 1.29 is 4.74 Å². The number of hydrogen-bond donors (Lipinski definition) is 0. The molecule has 1 heterocycles. The summed E-state index contributed by atoms with van der Waals surface area (Å²) in [5.41, 5.74) is 0.867. The zero-order chi connectivity index (χ0) is 10.5. The van der Waals surface area contributed by atoms with Gasteiger partial charge in [-0.2, -0.15) is 0 Å². The lowest BCUT2D eigenvalue weighted by molar-refractivity contribution is 0.540. The third kappa shape index (κ3) is 2.57. The normalized spacial score (nSPS) is 9.60. The summed E-state index contributed by atoms with van der Waals surface area (Å²) < 4.78 is 5.38. The Balaban J connectivity index is 2.12. The van der Waals surface area contributed by atoms with E-state index in [1.165, 1.54) is 6.33 Å². The van der Waals surface area contributed by atoms with Crippen molar-refractivity contribution in [1.29, 1.82) is 0 Å². The number of ether oxygens (including phenoxy) is 1. The maximum absolute atomic E-state index is 5.38. The minimum Gasteiger partial charge on any atom is -0.427 e. The molecule has 0 spiro atoms. The number of benzene rings is 1. The van der Waals surface area contributed by atoms with E-state index in [9.17, 15) is 0 Å². The Labute approximate surface area is 92.8 Å². The Morgan fingerprint density at radius 1 is 1.13 bits per heavy atom. The van der Waals surface area contributed by atoms with Gasteiger partial charge in [-0.05, 0) is 12.2 Å². The minimum atomic E-state index is 0.411. The van der Waals surface area contributed by atoms with Crippen molar-refractivity contribution in [1.82, 2.24) is 9.97 Å². The molecule has 0 bridgehead atoms. The van der Waals surface area contributed by atoms with E-state index in [-0.39, 0.29) is 0 Å². The molecule has 15 heavy (non-hydrogen) atoms. The molecule has 3 nitrogen and oxygen atoms in total. The zero-order valence-electron chi connectivity index (χ0n) is 7.83. The Morgan fingerprint density at radius 3 is 2.60 bits per heavy atom. The summed E-state index contributed by atoms with van der Waals surface area (Å²) in [7, 11) is 0. The molecular weight excluding hydrogens is 208 g/mol. The van der Waals surface area contributed by atoms with Gasteiger partial charge in [-0.25, -0.2) is 9.97 Å². The first-order valence-corrected chi connectivity index (χ1v) is 4.80. The first kappa shape index (κ1) is 9.73. The molecule has 0 saturated heterocycles. The molecule has 4 heteroatoms. The van der Waals surface area contributed by atoms with Crippen LogP contribution in [0.15, 0.2) is 48.9 Å². The molecule has 0 saturated carbocycles. The number of nitrogens with zero attached hydrogens (tertiary/aromatic N) is 2. The summed E-state index contributed by atoms with van der Waals surface area (Å²) in [5, 5.41) is 0.411. The first-order chi connectivity index (χ1) is 7.36. The van der Waals surface area contributed by atoms with Crippen LogP contribution in [0.1, 0.15) is 5.56 Å². The maximum Gasteiger partial charge on any atom is 0.223 e. The van der Waals surface area contributed by atoms with Crippen molar-refractivity contribution >= 4 is 17.3 Å². The molecule has 0 atom stereocenters. The monoisotopic (exact) mass is 216 g/mol. The van der Waals surface area contributed by atoms with Crippen LogP contribution in [0.2, 0.25) is 0 Å². The molecule has 0 unspecified atom stereocenters. The molecular formula is C11H8N2OS. The highest BCUT2D eigenvalue weighted by Gasteiger charge is 2.03. The quantitative estimate of drug-likeness (QED) is 0.721. The van der Waals surface area contributed by atoms with E-state index in [1.807, 2.05) is 30.3 Å². The Morgan fingerprint density at radius 2 is 1.93 bits per heavy atom. The fourth-order valence-electron chi connectivity index (χ4n) is 1.07. The van der Waals surface area contributed by atoms with Crippen LogP contribution in [0.25, 0.3) is 0 Å². The van der Waals surface area contributed by atoms with Crippen molar-refractivity contribution in [2.45, 2.75) is 0 Å². The van der Waals surface area contributed by atoms with E-state index in [0.717, 1.165) is 5.56 Å². The van der Waals surface area contributed by atoms with Crippen LogP contribution >= 0.6 is 12.2 Å². The summed E-state index contributed by atoms with van der Waals surface area (Å²) in [6.45, 7) is 0. The van der Waals surface area contributed by atoms with Gasteiger partial charge in [-0.15, -0.1) is 0 Å². The van der Waals surface area contributed by atoms with Crippen LogP contribution in [-0.2, 0) is 0 Å². The van der Waals surface area contributed by atoms with Gasteiger partial charge < -0.3 is 4.74 Å². The highest BCUT2D eigenvalue weighted by Crippen LogP contribution is 2.08. The number of thiocarbonyl (C=S) groups is 1. The van der Waals surface area contributed by atoms with Crippen LogP contribution in [0.5, 0.6) is 5.88 Å². The Hall–Kier alpha value is -1.81. The van der Waals surface area contributed by atoms with E-state index in [4.69, 9.17) is 17.0 Å². The number of hydrogen-bond acceptors (Lipinski definition) is 4. The molecule has 0 aliphatic heterocycles. The molecule has 0 aliphatic rings. The van der Waals surface area contributed by atoms with Crippen LogP contribution in [0.4, 0.5) is 0 Å². The average molecular weight is 216 g/mol. The van der Waals surface area contributed by atoms with Crippen molar-refractivity contribution in [3.8, 4) is 5.88 Å². The molecule has 2 aromatic rings. The molecule has 2 rings (SSSR count). The van der Waals surface area contributed by atoms with E-state index in [1.54, 1.807) is 12.3 Å². The SMILES string of the molecule is S=C(Oc1ccncn1)c1ccccc1. The standard InChI is InChI=1S/C11H8N2OS/c15-11(9-4-2-1-3-5-9)14-10-6-7-12-8-13-10/h1-8H. The fourth-order valence-corrected chi connectivity index (χ4v) is 1.29. The molecule has 0 aliphatic carbocycles. The number of aromatic nitrogens is 2. The lowest BCUT2D eigenvalue weighted by Crippen LogP contribution is -2.07. The molecule has 1 aromatic carbocycles. The second-order valence-electron chi connectivity index (χ2n) is 2.80. The van der Waals surface area contributed by atoms with Gasteiger partial charge in [0.15, 0.2) is 5.05 Å². The Kier molecular flexibility index (Phi) is 2.99. The summed E-state index contributed by atoms with van der Waals surface area (Å²) in [5.74, 6) is 0.457. The third-order valence-corrected chi connectivity index (χ3v) is 2.08. The second-order valence-corrected chi connectivity index (χ2v) is 3.17. The molecule has 0 fully saturated rings. The average Bonchev–Trinajstić information content (AvgIpc) is 2.31. The van der Waals surface area contributed by atoms with Gasteiger partial charge in [0.05, 0.1) is 0 Å². The van der Waals surface area contributed by atoms with Crippen molar-refractivity contribution in [2.75, 3.05) is 0 Å². The first-order valence-electron chi connectivity index (χ1n) is 4.39. The van der Waals surface area contributed by atoms with E-state index >= 15 is 0 Å². The van der Waals surface area contributed by atoms with Gasteiger partial charge in [0.25, 0.3) is 0 Å². The highest BCUT2D eigenvalue weighted by molar-refractivity contribution is 7.80. The summed E-state index contributed by atoms with van der Waals surface area (Å²) in [4.78, 5) is 7.71. The summed E-state index contributed by atoms with van der Waals surface area (Å²) in [6.07, 6.45) is 3.03. The second kappa shape index (κ2) is 4.61. The summed E-state index contributed by atoms with van der Waals surface area (Å²) in [6, 6.07) is 11.2. The molecule has 0 radical (unpaired) electrons. The molecule has 74 valence electrons. The van der Waals surface area contributed by atoms with Gasteiger partial charge in [0, 0.05) is 17.8 Å². The fraction of sp³-hybridized carbons (Fsp3) is 0. The minimum absolute atomic E-state index is 0.411. The van der Waals surface area contributed by atoms with Crippen LogP contribution in [0, 0.1) is 0 Å². The maximum atomic E-state index is 5.38. The van der Waals surface area contributed by atoms with Crippen LogP contribution < -0.4 is 4.74 Å². The largest absolute Gasteiger partial charge is 0.427 e. The predicted molar refractivity (Wildman–Crippen MR) is 60.8 cm³/mol. The molecule has 0 N–H and O–H groups in total. The lowest BCUT2D eigenvalue weighted by Gasteiger charge is -2.04. The van der Waals surface area contributed by atoms with Gasteiger partial charge >= 0.3 is 0 Å². The van der Waals surface area contributed by atoms with Crippen LogP contribution in [0.3, 0.4) is 0 Å². The van der Waals surface area contributed by atoms with E-state index in [0.29, 0.717) is 10.9 Å². The van der Waals surface area contributed by atoms with Gasteiger partial charge in [-0.1, -0.05) is 30.3 Å². The zero-order valence-corrected chi connectivity index (χ0v) is 8.65. The van der Waals surface area contributed by atoms with Gasteiger partial charge in [0.1, 0.15) is 6.33 Å².